The van der Waals surface area contributed by atoms with Crippen LogP contribution in [0, 0.1) is 20.8 Å². The first-order valence-electron chi connectivity index (χ1n) is 9.92. The third kappa shape index (κ3) is 4.09. The zero-order valence-electron chi connectivity index (χ0n) is 17.7. The van der Waals surface area contributed by atoms with Gasteiger partial charge in [-0.05, 0) is 44.5 Å². The van der Waals surface area contributed by atoms with Crippen molar-refractivity contribution in [3.05, 3.63) is 91.3 Å². The normalized spacial score (nSPS) is 11.0. The third-order valence-corrected chi connectivity index (χ3v) is 6.65. The molecule has 6 nitrogen and oxygen atoms in total. The number of carbonyl (C=O) groups is 2. The van der Waals surface area contributed by atoms with E-state index in [1.807, 2.05) is 19.9 Å². The Kier molecular flexibility index (Phi) is 5.95. The highest BCUT2D eigenvalue weighted by Gasteiger charge is 2.19. The maximum atomic E-state index is 13.1. The molecule has 0 radical (unpaired) electrons. The first kappa shape index (κ1) is 21.9. The summed E-state index contributed by atoms with van der Waals surface area (Å²) in [6.07, 6.45) is 0. The van der Waals surface area contributed by atoms with Gasteiger partial charge in [-0.3, -0.25) is 19.0 Å². The van der Waals surface area contributed by atoms with E-state index in [4.69, 9.17) is 11.6 Å². The largest absolute Gasteiger partial charge is 0.324 e. The first-order valence-corrected chi connectivity index (χ1v) is 11.1. The number of benzene rings is 2. The molecule has 0 bridgehead atoms. The van der Waals surface area contributed by atoms with Crippen LogP contribution in [0.5, 0.6) is 0 Å². The Morgan fingerprint density at radius 3 is 2.53 bits per heavy atom. The van der Waals surface area contributed by atoms with Crippen LogP contribution in [0.2, 0.25) is 5.02 Å². The summed E-state index contributed by atoms with van der Waals surface area (Å²) in [4.78, 5) is 45.1. The Bertz CT molecular complexity index is 1420. The number of carbonyl (C=O) groups excluding carboxylic acids is 2. The lowest BCUT2D eigenvalue weighted by atomic mass is 10.0. The quantitative estimate of drug-likeness (QED) is 0.425. The molecule has 0 aliphatic carbocycles. The molecule has 0 atom stereocenters. The van der Waals surface area contributed by atoms with E-state index in [0.29, 0.717) is 32.3 Å². The van der Waals surface area contributed by atoms with Gasteiger partial charge in [-0.1, -0.05) is 41.9 Å². The van der Waals surface area contributed by atoms with Crippen molar-refractivity contribution in [3.63, 3.8) is 0 Å². The van der Waals surface area contributed by atoms with E-state index in [9.17, 15) is 14.4 Å². The number of halogens is 1. The Balaban J connectivity index is 1.65. The van der Waals surface area contributed by atoms with Crippen LogP contribution in [0.25, 0.3) is 10.2 Å². The summed E-state index contributed by atoms with van der Waals surface area (Å²) in [5.41, 5.74) is 1.72. The number of amides is 1. The summed E-state index contributed by atoms with van der Waals surface area (Å²) >= 11 is 7.58. The number of hydrogen-bond donors (Lipinski definition) is 1. The molecule has 1 amide bonds. The molecule has 0 saturated heterocycles. The topological polar surface area (TPSA) is 81.1 Å². The van der Waals surface area contributed by atoms with E-state index in [0.717, 1.165) is 10.4 Å². The van der Waals surface area contributed by atoms with Gasteiger partial charge in [-0.2, -0.15) is 0 Å². The van der Waals surface area contributed by atoms with Gasteiger partial charge in [-0.15, -0.1) is 11.3 Å². The van der Waals surface area contributed by atoms with Crippen molar-refractivity contribution in [2.75, 3.05) is 5.32 Å². The second-order valence-corrected chi connectivity index (χ2v) is 9.09. The summed E-state index contributed by atoms with van der Waals surface area (Å²) in [5, 5.41) is 3.68. The van der Waals surface area contributed by atoms with E-state index in [2.05, 4.69) is 10.3 Å². The highest BCUT2D eigenvalue weighted by atomic mass is 35.5. The number of hydrogen-bond acceptors (Lipinski definition) is 5. The predicted octanol–water partition coefficient (Wildman–Crippen LogP) is 4.91. The molecule has 0 fully saturated rings. The standard InChI is InChI=1S/C24H20ClN3O3S/c1-13-14(2)32-23-21(13)24(31)28(15(3)26-23)12-20(29)27-19-10-9-17(25)11-18(19)22(30)16-7-5-4-6-8-16/h4-11H,12H2,1-3H3,(H,27,29). The van der Waals surface area contributed by atoms with Crippen molar-refractivity contribution < 1.29 is 9.59 Å². The minimum Gasteiger partial charge on any atom is -0.324 e. The van der Waals surface area contributed by atoms with Crippen molar-refractivity contribution in [2.24, 2.45) is 0 Å². The number of aryl methyl sites for hydroxylation is 3. The first-order chi connectivity index (χ1) is 15.3. The second-order valence-electron chi connectivity index (χ2n) is 7.45. The van der Waals surface area contributed by atoms with Crippen molar-refractivity contribution in [1.29, 1.82) is 0 Å². The van der Waals surface area contributed by atoms with Gasteiger partial charge in [0.05, 0.1) is 11.1 Å². The maximum absolute atomic E-state index is 13.1. The van der Waals surface area contributed by atoms with Crippen molar-refractivity contribution >= 4 is 50.5 Å². The summed E-state index contributed by atoms with van der Waals surface area (Å²) in [5.74, 6) is -0.245. The average molecular weight is 466 g/mol. The summed E-state index contributed by atoms with van der Waals surface area (Å²) < 4.78 is 1.35. The van der Waals surface area contributed by atoms with Crippen molar-refractivity contribution in [1.82, 2.24) is 9.55 Å². The number of ketones is 1. The molecular weight excluding hydrogens is 446 g/mol. The zero-order chi connectivity index (χ0) is 23.0. The molecule has 2 aromatic heterocycles. The molecule has 1 N–H and O–H groups in total. The minimum absolute atomic E-state index is 0.219. The predicted molar refractivity (Wildman–Crippen MR) is 128 cm³/mol. The van der Waals surface area contributed by atoms with Gasteiger partial charge >= 0.3 is 0 Å². The fourth-order valence-electron chi connectivity index (χ4n) is 3.51. The molecule has 0 saturated carbocycles. The second kappa shape index (κ2) is 8.68. The van der Waals surface area contributed by atoms with Crippen LogP contribution in [-0.4, -0.2) is 21.2 Å². The highest BCUT2D eigenvalue weighted by molar-refractivity contribution is 7.18. The molecule has 162 valence electrons. The van der Waals surface area contributed by atoms with Gasteiger partial charge in [0.25, 0.3) is 5.56 Å². The van der Waals surface area contributed by atoms with Crippen LogP contribution in [0.3, 0.4) is 0 Å². The molecule has 32 heavy (non-hydrogen) atoms. The lowest BCUT2D eigenvalue weighted by Crippen LogP contribution is -2.30. The minimum atomic E-state index is -0.439. The summed E-state index contributed by atoms with van der Waals surface area (Å²) in [7, 11) is 0. The molecule has 0 unspecified atom stereocenters. The molecule has 8 heteroatoms. The number of nitrogens with one attached hydrogen (secondary N) is 1. The Hall–Kier alpha value is -3.29. The van der Waals surface area contributed by atoms with E-state index in [1.54, 1.807) is 43.3 Å². The van der Waals surface area contributed by atoms with Crippen molar-refractivity contribution in [2.45, 2.75) is 27.3 Å². The number of fused-ring (bicyclic) bond motifs is 1. The molecule has 0 spiro atoms. The van der Waals surface area contributed by atoms with Crippen LogP contribution in [0.4, 0.5) is 5.69 Å². The smallest absolute Gasteiger partial charge is 0.263 e. The fourth-order valence-corrected chi connectivity index (χ4v) is 4.74. The summed E-state index contributed by atoms with van der Waals surface area (Å²) in [6, 6.07) is 13.5. The molecule has 4 aromatic rings. The van der Waals surface area contributed by atoms with E-state index in [1.165, 1.54) is 22.0 Å². The lowest BCUT2D eigenvalue weighted by Gasteiger charge is -2.13. The Morgan fingerprint density at radius 2 is 1.81 bits per heavy atom. The Labute approximate surface area is 193 Å². The van der Waals surface area contributed by atoms with Gasteiger partial charge in [0, 0.05) is 21.0 Å². The van der Waals surface area contributed by atoms with E-state index in [-0.39, 0.29) is 23.5 Å². The fraction of sp³-hybridized carbons (Fsp3) is 0.167. The lowest BCUT2D eigenvalue weighted by molar-refractivity contribution is -0.116. The summed E-state index contributed by atoms with van der Waals surface area (Å²) in [6.45, 7) is 5.31. The van der Waals surface area contributed by atoms with Crippen molar-refractivity contribution in [3.8, 4) is 0 Å². The monoisotopic (exact) mass is 465 g/mol. The van der Waals surface area contributed by atoms with Gasteiger partial charge in [0.2, 0.25) is 5.91 Å². The van der Waals surface area contributed by atoms with Crippen LogP contribution in [0.15, 0.2) is 53.3 Å². The molecule has 0 aliphatic rings. The number of thiophene rings is 1. The van der Waals surface area contributed by atoms with E-state index < -0.39 is 5.91 Å². The molecule has 2 heterocycles. The SMILES string of the molecule is Cc1sc2nc(C)n(CC(=O)Nc3ccc(Cl)cc3C(=O)c3ccccc3)c(=O)c2c1C. The number of aromatic nitrogens is 2. The highest BCUT2D eigenvalue weighted by Crippen LogP contribution is 2.26. The molecular formula is C24H20ClN3O3S. The zero-order valence-corrected chi connectivity index (χ0v) is 19.3. The molecule has 0 aliphatic heterocycles. The van der Waals surface area contributed by atoms with Gasteiger partial charge < -0.3 is 5.32 Å². The molecule has 4 rings (SSSR count). The van der Waals surface area contributed by atoms with Crippen LogP contribution >= 0.6 is 22.9 Å². The van der Waals surface area contributed by atoms with Gasteiger partial charge in [-0.25, -0.2) is 4.98 Å². The number of anilines is 1. The number of nitrogens with zero attached hydrogens (tertiary/aromatic N) is 2. The molecule has 2 aromatic carbocycles. The Morgan fingerprint density at radius 1 is 1.09 bits per heavy atom. The van der Waals surface area contributed by atoms with Gasteiger partial charge in [0.1, 0.15) is 17.2 Å². The van der Waals surface area contributed by atoms with Crippen LogP contribution < -0.4 is 10.9 Å². The van der Waals surface area contributed by atoms with Crippen LogP contribution in [0.1, 0.15) is 32.2 Å². The number of rotatable bonds is 5. The van der Waals surface area contributed by atoms with Crippen LogP contribution in [-0.2, 0) is 11.3 Å². The third-order valence-electron chi connectivity index (χ3n) is 5.32. The maximum Gasteiger partial charge on any atom is 0.263 e. The average Bonchev–Trinajstić information content (AvgIpc) is 3.05. The van der Waals surface area contributed by atoms with Gasteiger partial charge in [0.15, 0.2) is 5.78 Å². The van der Waals surface area contributed by atoms with E-state index >= 15 is 0 Å².